The number of likely N-dealkylation sites (tertiary alicyclic amines) is 1. The van der Waals surface area contributed by atoms with E-state index in [2.05, 4.69) is 10.2 Å². The number of nitrogens with one attached hydrogen (secondary N) is 1. The predicted molar refractivity (Wildman–Crippen MR) is 104 cm³/mol. The highest BCUT2D eigenvalue weighted by molar-refractivity contribution is 5.78. The standard InChI is InChI=1S/C21H30N2O5/c1-20(2,3)22-18(24)12-28-17-6-4-15(5-7-17)10-23-11-16-8-9-27-14-21(16,13-23)19(25)26/h4-7,16H,8-14H2,1-3H3,(H,22,24)(H,25,26)/t16-,21+/m0/s1. The minimum Gasteiger partial charge on any atom is -0.484 e. The molecular weight excluding hydrogens is 360 g/mol. The molecule has 0 bridgehead atoms. The third kappa shape index (κ3) is 4.83. The van der Waals surface area contributed by atoms with Crippen molar-refractivity contribution in [2.75, 3.05) is 32.9 Å². The first-order chi connectivity index (χ1) is 13.2. The average molecular weight is 390 g/mol. The van der Waals surface area contributed by atoms with Crippen LogP contribution < -0.4 is 10.1 Å². The van der Waals surface area contributed by atoms with Gasteiger partial charge in [-0.1, -0.05) is 12.1 Å². The second-order valence-electron chi connectivity index (χ2n) is 8.90. The molecule has 2 fully saturated rings. The molecule has 154 valence electrons. The summed E-state index contributed by atoms with van der Waals surface area (Å²) in [6.45, 7) is 8.68. The molecule has 2 atom stereocenters. The van der Waals surface area contributed by atoms with Gasteiger partial charge in [-0.2, -0.15) is 0 Å². The molecule has 1 aromatic carbocycles. The van der Waals surface area contributed by atoms with Crippen LogP contribution in [0.1, 0.15) is 32.8 Å². The van der Waals surface area contributed by atoms with Gasteiger partial charge in [0.05, 0.1) is 6.61 Å². The van der Waals surface area contributed by atoms with Gasteiger partial charge in [-0.15, -0.1) is 0 Å². The molecule has 2 N–H and O–H groups in total. The quantitative estimate of drug-likeness (QED) is 0.771. The number of benzene rings is 1. The Morgan fingerprint density at radius 2 is 2.04 bits per heavy atom. The van der Waals surface area contributed by atoms with Crippen LogP contribution in [0.25, 0.3) is 0 Å². The van der Waals surface area contributed by atoms with Gasteiger partial charge < -0.3 is 19.9 Å². The van der Waals surface area contributed by atoms with E-state index in [1.807, 2.05) is 45.0 Å². The molecule has 7 nitrogen and oxygen atoms in total. The van der Waals surface area contributed by atoms with E-state index in [1.54, 1.807) is 0 Å². The third-order valence-corrected chi connectivity index (χ3v) is 5.38. The van der Waals surface area contributed by atoms with Gasteiger partial charge in [0, 0.05) is 31.8 Å². The molecule has 0 saturated carbocycles. The summed E-state index contributed by atoms with van der Waals surface area (Å²) in [6, 6.07) is 7.61. The van der Waals surface area contributed by atoms with Crippen molar-refractivity contribution in [1.82, 2.24) is 10.2 Å². The number of fused-ring (bicyclic) bond motifs is 1. The van der Waals surface area contributed by atoms with E-state index in [1.165, 1.54) is 0 Å². The third-order valence-electron chi connectivity index (χ3n) is 5.38. The lowest BCUT2D eigenvalue weighted by atomic mass is 9.76. The van der Waals surface area contributed by atoms with E-state index in [0.717, 1.165) is 18.5 Å². The Labute approximate surface area is 166 Å². The van der Waals surface area contributed by atoms with Crippen LogP contribution in [0.5, 0.6) is 5.75 Å². The van der Waals surface area contributed by atoms with Gasteiger partial charge >= 0.3 is 5.97 Å². The van der Waals surface area contributed by atoms with Crippen LogP contribution in [0.3, 0.4) is 0 Å². The molecule has 2 aliphatic heterocycles. The molecule has 2 heterocycles. The molecule has 7 heteroatoms. The van der Waals surface area contributed by atoms with Crippen molar-refractivity contribution < 1.29 is 24.2 Å². The van der Waals surface area contributed by atoms with Crippen molar-refractivity contribution in [3.8, 4) is 5.75 Å². The van der Waals surface area contributed by atoms with Crippen molar-refractivity contribution in [2.45, 2.75) is 39.3 Å². The van der Waals surface area contributed by atoms with Gasteiger partial charge in [0.25, 0.3) is 5.91 Å². The zero-order valence-corrected chi connectivity index (χ0v) is 16.9. The van der Waals surface area contributed by atoms with Crippen LogP contribution in [0.4, 0.5) is 0 Å². The summed E-state index contributed by atoms with van der Waals surface area (Å²) in [4.78, 5) is 25.9. The molecule has 2 saturated heterocycles. The molecule has 28 heavy (non-hydrogen) atoms. The molecule has 3 rings (SSSR count). The number of ether oxygens (including phenoxy) is 2. The monoisotopic (exact) mass is 390 g/mol. The second-order valence-corrected chi connectivity index (χ2v) is 8.90. The number of carbonyl (C=O) groups excluding carboxylic acids is 1. The van der Waals surface area contributed by atoms with Gasteiger partial charge in [0.15, 0.2) is 6.61 Å². The maximum Gasteiger partial charge on any atom is 0.313 e. The van der Waals surface area contributed by atoms with E-state index in [-0.39, 0.29) is 24.0 Å². The fraction of sp³-hybridized carbons (Fsp3) is 0.619. The second kappa shape index (κ2) is 8.09. The molecule has 0 radical (unpaired) electrons. The maximum atomic E-state index is 11.9. The van der Waals surface area contributed by atoms with Crippen molar-refractivity contribution >= 4 is 11.9 Å². The molecule has 0 unspecified atom stereocenters. The van der Waals surface area contributed by atoms with Crippen LogP contribution >= 0.6 is 0 Å². The van der Waals surface area contributed by atoms with Gasteiger partial charge in [0.2, 0.25) is 0 Å². The zero-order chi connectivity index (χ0) is 20.4. The topological polar surface area (TPSA) is 88.1 Å². The highest BCUT2D eigenvalue weighted by Crippen LogP contribution is 2.42. The number of amides is 1. The van der Waals surface area contributed by atoms with Crippen LogP contribution in [-0.4, -0.2) is 60.3 Å². The van der Waals surface area contributed by atoms with E-state index in [4.69, 9.17) is 9.47 Å². The van der Waals surface area contributed by atoms with Gasteiger partial charge in [-0.3, -0.25) is 14.5 Å². The average Bonchev–Trinajstić information content (AvgIpc) is 2.99. The largest absolute Gasteiger partial charge is 0.484 e. The Hall–Kier alpha value is -2.12. The minimum atomic E-state index is -0.776. The number of nitrogens with zero attached hydrogens (tertiary/aromatic N) is 1. The lowest BCUT2D eigenvalue weighted by Gasteiger charge is -2.34. The first-order valence-corrected chi connectivity index (χ1v) is 9.74. The summed E-state index contributed by atoms with van der Waals surface area (Å²) in [5.41, 5.74) is 0.0312. The Balaban J connectivity index is 1.53. The molecule has 0 aliphatic carbocycles. The summed E-state index contributed by atoms with van der Waals surface area (Å²) in [6.07, 6.45) is 0.798. The summed E-state index contributed by atoms with van der Waals surface area (Å²) in [7, 11) is 0. The highest BCUT2D eigenvalue weighted by Gasteiger charge is 2.53. The molecule has 0 aromatic heterocycles. The molecule has 0 spiro atoms. The van der Waals surface area contributed by atoms with Gasteiger partial charge in [-0.05, 0) is 50.8 Å². The van der Waals surface area contributed by atoms with E-state index >= 15 is 0 Å². The number of hydrogen-bond donors (Lipinski definition) is 2. The van der Waals surface area contributed by atoms with Crippen LogP contribution in [0.15, 0.2) is 24.3 Å². The highest BCUT2D eigenvalue weighted by atomic mass is 16.5. The first-order valence-electron chi connectivity index (χ1n) is 9.74. The van der Waals surface area contributed by atoms with Crippen molar-refractivity contribution in [2.24, 2.45) is 11.3 Å². The zero-order valence-electron chi connectivity index (χ0n) is 16.9. The number of carbonyl (C=O) groups is 2. The predicted octanol–water partition coefficient (Wildman–Crippen LogP) is 1.90. The maximum absolute atomic E-state index is 11.9. The van der Waals surface area contributed by atoms with Crippen LogP contribution in [0.2, 0.25) is 0 Å². The molecule has 1 aromatic rings. The number of aliphatic carboxylic acids is 1. The van der Waals surface area contributed by atoms with Gasteiger partial charge in [0.1, 0.15) is 11.2 Å². The van der Waals surface area contributed by atoms with Crippen molar-refractivity contribution in [3.05, 3.63) is 29.8 Å². The fourth-order valence-corrected chi connectivity index (χ4v) is 4.07. The summed E-state index contributed by atoms with van der Waals surface area (Å²) in [5.74, 6) is -0.129. The van der Waals surface area contributed by atoms with Crippen LogP contribution in [0, 0.1) is 11.3 Å². The van der Waals surface area contributed by atoms with E-state index < -0.39 is 11.4 Å². The van der Waals surface area contributed by atoms with Crippen molar-refractivity contribution in [1.29, 1.82) is 0 Å². The van der Waals surface area contributed by atoms with E-state index in [0.29, 0.717) is 32.1 Å². The van der Waals surface area contributed by atoms with Crippen molar-refractivity contribution in [3.63, 3.8) is 0 Å². The summed E-state index contributed by atoms with van der Waals surface area (Å²) < 4.78 is 11.0. The Bertz CT molecular complexity index is 713. The fourth-order valence-electron chi connectivity index (χ4n) is 4.07. The SMILES string of the molecule is CC(C)(C)NC(=O)COc1ccc(CN2C[C@@H]3CCOC[C@]3(C(=O)O)C2)cc1. The Morgan fingerprint density at radius 1 is 1.32 bits per heavy atom. The number of hydrogen-bond acceptors (Lipinski definition) is 5. The Morgan fingerprint density at radius 3 is 2.64 bits per heavy atom. The molecular formula is C21H30N2O5. The smallest absolute Gasteiger partial charge is 0.313 e. The van der Waals surface area contributed by atoms with Gasteiger partial charge in [-0.25, -0.2) is 0 Å². The number of carboxylic acid groups (broad SMARTS) is 1. The minimum absolute atomic E-state index is 0.0223. The number of rotatable bonds is 6. The molecule has 2 aliphatic rings. The summed E-state index contributed by atoms with van der Waals surface area (Å²) >= 11 is 0. The molecule has 1 amide bonds. The van der Waals surface area contributed by atoms with Crippen LogP contribution in [-0.2, 0) is 20.9 Å². The number of carboxylic acids is 1. The first kappa shape index (κ1) is 20.6. The lowest BCUT2D eigenvalue weighted by Crippen LogP contribution is -2.46. The Kier molecular flexibility index (Phi) is 5.95. The van der Waals surface area contributed by atoms with E-state index in [9.17, 15) is 14.7 Å². The normalized spacial score (nSPS) is 25.2. The summed E-state index contributed by atoms with van der Waals surface area (Å²) in [5, 5.41) is 12.6. The lowest BCUT2D eigenvalue weighted by molar-refractivity contribution is -0.159.